The maximum Gasteiger partial charge on any atom is 0.229 e. The number of aromatic nitrogens is 3. The molecule has 0 unspecified atom stereocenters. The van der Waals surface area contributed by atoms with Crippen molar-refractivity contribution in [3.63, 3.8) is 0 Å². The Morgan fingerprint density at radius 2 is 1.60 bits per heavy atom. The molecule has 0 aliphatic carbocycles. The van der Waals surface area contributed by atoms with Crippen LogP contribution in [0.5, 0.6) is 17.6 Å². The van der Waals surface area contributed by atoms with Gasteiger partial charge in [-0.1, -0.05) is 0 Å². The predicted molar refractivity (Wildman–Crippen MR) is 73.3 cm³/mol. The van der Waals surface area contributed by atoms with Crippen molar-refractivity contribution >= 4 is 5.95 Å². The number of hydrogen-bond acceptors (Lipinski definition) is 7. The fourth-order valence-electron chi connectivity index (χ4n) is 1.55. The molecule has 2 rings (SSSR count). The highest BCUT2D eigenvalue weighted by Crippen LogP contribution is 2.18. The first kappa shape index (κ1) is 13.9. The van der Waals surface area contributed by atoms with Crippen molar-refractivity contribution in [2.75, 3.05) is 26.6 Å². The largest absolute Gasteiger partial charge is 0.481 e. The Balaban J connectivity index is 2.09. The van der Waals surface area contributed by atoms with Gasteiger partial charge in [-0.3, -0.25) is 0 Å². The van der Waals surface area contributed by atoms with Crippen LogP contribution in [0, 0.1) is 0 Å². The van der Waals surface area contributed by atoms with Crippen LogP contribution in [0.4, 0.5) is 5.95 Å². The van der Waals surface area contributed by atoms with E-state index in [0.717, 1.165) is 5.56 Å². The summed E-state index contributed by atoms with van der Waals surface area (Å²) in [4.78, 5) is 12.4. The lowest BCUT2D eigenvalue weighted by atomic mass is 10.2. The average Bonchev–Trinajstić information content (AvgIpc) is 2.52. The molecule has 2 aromatic heterocycles. The van der Waals surface area contributed by atoms with E-state index in [0.29, 0.717) is 30.1 Å². The van der Waals surface area contributed by atoms with E-state index in [9.17, 15) is 0 Å². The number of nitrogens with zero attached hydrogens (tertiary/aromatic N) is 3. The first-order valence-corrected chi connectivity index (χ1v) is 5.95. The summed E-state index contributed by atoms with van der Waals surface area (Å²) < 4.78 is 15.2. The van der Waals surface area contributed by atoms with Crippen molar-refractivity contribution in [1.82, 2.24) is 15.0 Å². The Morgan fingerprint density at radius 1 is 0.950 bits per heavy atom. The summed E-state index contributed by atoms with van der Waals surface area (Å²) in [6.45, 7) is 0.537. The molecule has 2 heterocycles. The zero-order valence-corrected chi connectivity index (χ0v) is 11.6. The maximum absolute atomic E-state index is 5.08. The maximum atomic E-state index is 5.08. The van der Waals surface area contributed by atoms with Gasteiger partial charge >= 0.3 is 0 Å². The molecule has 0 atom stereocenters. The summed E-state index contributed by atoms with van der Waals surface area (Å²) in [7, 11) is 4.66. The van der Waals surface area contributed by atoms with E-state index < -0.39 is 0 Å². The third-order valence-corrected chi connectivity index (χ3v) is 2.56. The Hall–Kier alpha value is -2.57. The van der Waals surface area contributed by atoms with Crippen molar-refractivity contribution in [3.05, 3.63) is 30.0 Å². The van der Waals surface area contributed by atoms with Crippen molar-refractivity contribution in [2.45, 2.75) is 6.54 Å². The number of rotatable bonds is 6. The standard InChI is InChI=1S/C13H16N4O3/c1-18-10-6-9(4-5-14-10)8-15-13-16-11(19-2)7-12(17-13)20-3/h4-7H,8H2,1-3H3,(H,15,16,17). The third-order valence-electron chi connectivity index (χ3n) is 2.56. The molecule has 7 heteroatoms. The van der Waals surface area contributed by atoms with Gasteiger partial charge in [0.15, 0.2) is 0 Å². The molecule has 0 saturated carbocycles. The lowest BCUT2D eigenvalue weighted by Gasteiger charge is -2.08. The van der Waals surface area contributed by atoms with E-state index in [4.69, 9.17) is 14.2 Å². The first-order valence-electron chi connectivity index (χ1n) is 5.95. The third kappa shape index (κ3) is 3.47. The molecule has 0 aliphatic heterocycles. The van der Waals surface area contributed by atoms with Crippen molar-refractivity contribution < 1.29 is 14.2 Å². The summed E-state index contributed by atoms with van der Waals surface area (Å²) in [5.41, 5.74) is 1.00. The fourth-order valence-corrected chi connectivity index (χ4v) is 1.55. The van der Waals surface area contributed by atoms with Crippen LogP contribution in [-0.4, -0.2) is 36.3 Å². The molecule has 7 nitrogen and oxygen atoms in total. The number of ether oxygens (including phenoxy) is 3. The highest BCUT2D eigenvalue weighted by molar-refractivity contribution is 5.35. The van der Waals surface area contributed by atoms with Gasteiger partial charge in [0.2, 0.25) is 23.6 Å². The normalized spacial score (nSPS) is 9.95. The van der Waals surface area contributed by atoms with Gasteiger partial charge in [0.1, 0.15) is 0 Å². The molecule has 0 radical (unpaired) electrons. The molecule has 1 N–H and O–H groups in total. The minimum atomic E-state index is 0.428. The number of nitrogens with one attached hydrogen (secondary N) is 1. The molecule has 0 saturated heterocycles. The van der Waals surface area contributed by atoms with E-state index in [2.05, 4.69) is 20.3 Å². The second-order valence-corrected chi connectivity index (χ2v) is 3.84. The minimum Gasteiger partial charge on any atom is -0.481 e. The zero-order valence-electron chi connectivity index (χ0n) is 11.6. The van der Waals surface area contributed by atoms with E-state index >= 15 is 0 Å². The predicted octanol–water partition coefficient (Wildman–Crippen LogP) is 1.51. The Morgan fingerprint density at radius 3 is 2.20 bits per heavy atom. The van der Waals surface area contributed by atoms with Crippen molar-refractivity contribution in [1.29, 1.82) is 0 Å². The number of anilines is 1. The highest BCUT2D eigenvalue weighted by Gasteiger charge is 2.05. The molecule has 0 aromatic carbocycles. The van der Waals surface area contributed by atoms with Crippen molar-refractivity contribution in [2.24, 2.45) is 0 Å². The van der Waals surface area contributed by atoms with Gasteiger partial charge in [0.25, 0.3) is 0 Å². The average molecular weight is 276 g/mol. The molecular weight excluding hydrogens is 260 g/mol. The van der Waals surface area contributed by atoms with Crippen LogP contribution in [0.2, 0.25) is 0 Å². The van der Waals surface area contributed by atoms with Crippen LogP contribution in [-0.2, 0) is 6.54 Å². The molecule has 20 heavy (non-hydrogen) atoms. The highest BCUT2D eigenvalue weighted by atomic mass is 16.5. The zero-order chi connectivity index (χ0) is 14.4. The molecule has 0 amide bonds. The Kier molecular flexibility index (Phi) is 4.54. The lowest BCUT2D eigenvalue weighted by Crippen LogP contribution is -2.05. The van der Waals surface area contributed by atoms with Crippen LogP contribution >= 0.6 is 0 Å². The minimum absolute atomic E-state index is 0.428. The molecule has 106 valence electrons. The van der Waals surface area contributed by atoms with Gasteiger partial charge in [-0.05, 0) is 11.6 Å². The number of pyridine rings is 1. The van der Waals surface area contributed by atoms with Crippen molar-refractivity contribution in [3.8, 4) is 17.6 Å². The van der Waals surface area contributed by atoms with Crippen LogP contribution in [0.3, 0.4) is 0 Å². The van der Waals surface area contributed by atoms with Gasteiger partial charge in [-0.15, -0.1) is 0 Å². The summed E-state index contributed by atoms with van der Waals surface area (Å²) in [5.74, 6) is 1.86. The molecular formula is C13H16N4O3. The molecule has 0 bridgehead atoms. The van der Waals surface area contributed by atoms with Gasteiger partial charge in [0.05, 0.1) is 27.4 Å². The van der Waals surface area contributed by atoms with Gasteiger partial charge < -0.3 is 19.5 Å². The first-order chi connectivity index (χ1) is 9.75. The topological polar surface area (TPSA) is 78.4 Å². The summed E-state index contributed by atoms with van der Waals surface area (Å²) in [6, 6.07) is 5.33. The van der Waals surface area contributed by atoms with Gasteiger partial charge in [0, 0.05) is 18.8 Å². The number of methoxy groups -OCH3 is 3. The van der Waals surface area contributed by atoms with Crippen LogP contribution in [0.15, 0.2) is 24.4 Å². The Labute approximate surface area is 116 Å². The quantitative estimate of drug-likeness (QED) is 0.856. The summed E-state index contributed by atoms with van der Waals surface area (Å²) in [5, 5.41) is 3.10. The van der Waals surface area contributed by atoms with Crippen LogP contribution in [0.25, 0.3) is 0 Å². The van der Waals surface area contributed by atoms with E-state index in [-0.39, 0.29) is 0 Å². The fraction of sp³-hybridized carbons (Fsp3) is 0.308. The monoisotopic (exact) mass is 276 g/mol. The lowest BCUT2D eigenvalue weighted by molar-refractivity contribution is 0.373. The van der Waals surface area contributed by atoms with Gasteiger partial charge in [-0.25, -0.2) is 4.98 Å². The molecule has 0 fully saturated rings. The summed E-state index contributed by atoms with van der Waals surface area (Å²) in [6.07, 6.45) is 1.68. The molecule has 0 aliphatic rings. The van der Waals surface area contributed by atoms with E-state index in [1.807, 2.05) is 12.1 Å². The number of hydrogen-bond donors (Lipinski definition) is 1. The molecule has 2 aromatic rings. The Bertz CT molecular complexity index is 555. The van der Waals surface area contributed by atoms with Crippen LogP contribution < -0.4 is 19.5 Å². The smallest absolute Gasteiger partial charge is 0.229 e. The SMILES string of the molecule is COc1cc(CNc2nc(OC)cc(OC)n2)ccn1. The molecule has 0 spiro atoms. The van der Waals surface area contributed by atoms with Crippen LogP contribution in [0.1, 0.15) is 5.56 Å². The van der Waals surface area contributed by atoms with E-state index in [1.54, 1.807) is 33.6 Å². The second-order valence-electron chi connectivity index (χ2n) is 3.84. The summed E-state index contributed by atoms with van der Waals surface area (Å²) >= 11 is 0. The second kappa shape index (κ2) is 6.55. The van der Waals surface area contributed by atoms with E-state index in [1.165, 1.54) is 0 Å². The van der Waals surface area contributed by atoms with Gasteiger partial charge in [-0.2, -0.15) is 9.97 Å².